The molecule has 0 amide bonds. The number of hydrogen-bond acceptors (Lipinski definition) is 6. The van der Waals surface area contributed by atoms with Gasteiger partial charge in [0.15, 0.2) is 9.84 Å². The van der Waals surface area contributed by atoms with E-state index in [1.54, 1.807) is 31.3 Å². The number of aryl methyl sites for hydroxylation is 1. The number of ether oxygens (including phenoxy) is 1. The zero-order valence-electron chi connectivity index (χ0n) is 20.5. The number of aromatic nitrogens is 3. The third-order valence-corrected chi connectivity index (χ3v) is 8.77. The number of hydrogen-bond donors (Lipinski definition) is 2. The van der Waals surface area contributed by atoms with Crippen LogP contribution in [0.5, 0.6) is 5.88 Å². The molecule has 35 heavy (non-hydrogen) atoms. The molecule has 1 fully saturated rings. The Balaban J connectivity index is 1.67. The normalized spacial score (nSPS) is 16.1. The van der Waals surface area contributed by atoms with Gasteiger partial charge in [0.1, 0.15) is 17.3 Å². The molecule has 3 aromatic heterocycles. The Labute approximate surface area is 206 Å². The molecule has 184 valence electrons. The third-order valence-electron chi connectivity index (χ3n) is 7.04. The largest absolute Gasteiger partial charge is 0.473 e. The fourth-order valence-electron chi connectivity index (χ4n) is 5.07. The molecular weight excluding hydrogens is 460 g/mol. The maximum absolute atomic E-state index is 12.6. The second-order valence-corrected chi connectivity index (χ2v) is 11.6. The third kappa shape index (κ3) is 4.52. The monoisotopic (exact) mass is 492 g/mol. The van der Waals surface area contributed by atoms with Crippen LogP contribution < -0.4 is 10.1 Å². The topological polar surface area (TPSA) is 97.0 Å². The molecule has 1 aromatic carbocycles. The van der Waals surface area contributed by atoms with Crippen LogP contribution in [0.4, 0.5) is 0 Å². The Bertz CT molecular complexity index is 1470. The van der Waals surface area contributed by atoms with Gasteiger partial charge in [0.25, 0.3) is 0 Å². The first-order valence-electron chi connectivity index (χ1n) is 12.4. The standard InChI is InChI=1S/C27H32N4O3S/c1-4-23(18-9-11-28-12-10-18)34-27-25-24(21-13-17(3)15-29-26(21)31-25)22(16-30-27)19-7-6-8-20(14-19)35(32,33)5-2/h6-8,13-16,18,23,28H,4-5,9-12H2,1-3H3,(H,29,31). The molecule has 1 unspecified atom stereocenters. The number of piperidine rings is 1. The molecule has 4 aromatic rings. The molecule has 7 nitrogen and oxygen atoms in total. The lowest BCUT2D eigenvalue weighted by molar-refractivity contribution is 0.105. The maximum Gasteiger partial charge on any atom is 0.238 e. The van der Waals surface area contributed by atoms with Gasteiger partial charge in [-0.05, 0) is 74.5 Å². The maximum atomic E-state index is 12.6. The van der Waals surface area contributed by atoms with Gasteiger partial charge in [0.05, 0.1) is 10.6 Å². The summed E-state index contributed by atoms with van der Waals surface area (Å²) in [6.45, 7) is 7.86. The van der Waals surface area contributed by atoms with Gasteiger partial charge in [0.2, 0.25) is 5.88 Å². The summed E-state index contributed by atoms with van der Waals surface area (Å²) in [6.07, 6.45) is 6.81. The number of rotatable bonds is 7. The number of sulfone groups is 1. The van der Waals surface area contributed by atoms with Crippen LogP contribution in [0.2, 0.25) is 0 Å². The van der Waals surface area contributed by atoms with Crippen molar-refractivity contribution < 1.29 is 13.2 Å². The minimum atomic E-state index is -3.33. The lowest BCUT2D eigenvalue weighted by Crippen LogP contribution is -2.36. The van der Waals surface area contributed by atoms with Gasteiger partial charge in [-0.2, -0.15) is 0 Å². The number of nitrogens with one attached hydrogen (secondary N) is 2. The minimum Gasteiger partial charge on any atom is -0.473 e. The van der Waals surface area contributed by atoms with E-state index >= 15 is 0 Å². The van der Waals surface area contributed by atoms with Crippen LogP contribution in [-0.2, 0) is 9.84 Å². The minimum absolute atomic E-state index is 0.0577. The highest BCUT2D eigenvalue weighted by Crippen LogP contribution is 2.39. The van der Waals surface area contributed by atoms with Crippen molar-refractivity contribution in [2.75, 3.05) is 18.8 Å². The lowest BCUT2D eigenvalue weighted by atomic mass is 9.91. The molecular formula is C27H32N4O3S. The van der Waals surface area contributed by atoms with Crippen LogP contribution >= 0.6 is 0 Å². The molecule has 1 aliphatic heterocycles. The van der Waals surface area contributed by atoms with Gasteiger partial charge < -0.3 is 15.0 Å². The average Bonchev–Trinajstić information content (AvgIpc) is 3.27. The summed E-state index contributed by atoms with van der Waals surface area (Å²) in [5.74, 6) is 1.11. The molecule has 1 saturated heterocycles. The zero-order chi connectivity index (χ0) is 24.6. The summed E-state index contributed by atoms with van der Waals surface area (Å²) in [6, 6.07) is 9.21. The number of pyridine rings is 2. The van der Waals surface area contributed by atoms with Crippen molar-refractivity contribution in [1.29, 1.82) is 0 Å². The number of H-pyrrole nitrogens is 1. The van der Waals surface area contributed by atoms with Crippen molar-refractivity contribution in [3.63, 3.8) is 0 Å². The van der Waals surface area contributed by atoms with Crippen molar-refractivity contribution in [2.24, 2.45) is 5.92 Å². The van der Waals surface area contributed by atoms with E-state index in [1.165, 1.54) is 0 Å². The van der Waals surface area contributed by atoms with Crippen LogP contribution in [0.15, 0.2) is 47.6 Å². The first kappa shape index (κ1) is 23.8. The van der Waals surface area contributed by atoms with Crippen LogP contribution in [-0.4, -0.2) is 48.3 Å². The van der Waals surface area contributed by atoms with Crippen molar-refractivity contribution in [3.05, 3.63) is 48.3 Å². The summed E-state index contributed by atoms with van der Waals surface area (Å²) in [5.41, 5.74) is 4.27. The van der Waals surface area contributed by atoms with Gasteiger partial charge >= 0.3 is 0 Å². The smallest absolute Gasteiger partial charge is 0.238 e. The molecule has 1 aliphatic rings. The highest BCUT2D eigenvalue weighted by Gasteiger charge is 2.26. The highest BCUT2D eigenvalue weighted by molar-refractivity contribution is 7.91. The first-order valence-corrected chi connectivity index (χ1v) is 14.0. The Morgan fingerprint density at radius 1 is 1.11 bits per heavy atom. The van der Waals surface area contributed by atoms with Crippen LogP contribution in [0.3, 0.4) is 0 Å². The number of aromatic amines is 1. The zero-order valence-corrected chi connectivity index (χ0v) is 21.3. The molecule has 5 rings (SSSR count). The van der Waals surface area contributed by atoms with E-state index in [4.69, 9.17) is 9.72 Å². The molecule has 0 aliphatic carbocycles. The predicted molar refractivity (Wildman–Crippen MR) is 140 cm³/mol. The molecule has 1 atom stereocenters. The van der Waals surface area contributed by atoms with Crippen LogP contribution in [0.1, 0.15) is 38.7 Å². The van der Waals surface area contributed by atoms with Gasteiger partial charge in [-0.1, -0.05) is 26.0 Å². The van der Waals surface area contributed by atoms with E-state index in [9.17, 15) is 8.42 Å². The van der Waals surface area contributed by atoms with Crippen molar-refractivity contribution >= 4 is 31.8 Å². The summed E-state index contributed by atoms with van der Waals surface area (Å²) >= 11 is 0. The SMILES string of the molecule is CCC(Oc1ncc(-c2cccc(S(=O)(=O)CC)c2)c2c1[nH]c1ncc(C)cc12)C1CCNCC1. The van der Waals surface area contributed by atoms with E-state index in [0.29, 0.717) is 16.7 Å². The van der Waals surface area contributed by atoms with Crippen molar-refractivity contribution in [2.45, 2.75) is 51.0 Å². The van der Waals surface area contributed by atoms with E-state index in [0.717, 1.165) is 71.0 Å². The second kappa shape index (κ2) is 9.59. The highest BCUT2D eigenvalue weighted by atomic mass is 32.2. The summed E-state index contributed by atoms with van der Waals surface area (Å²) in [7, 11) is -3.33. The van der Waals surface area contributed by atoms with Gasteiger partial charge in [-0.3, -0.25) is 0 Å². The Morgan fingerprint density at radius 2 is 1.91 bits per heavy atom. The molecule has 0 saturated carbocycles. The summed E-state index contributed by atoms with van der Waals surface area (Å²) < 4.78 is 31.7. The number of fused-ring (bicyclic) bond motifs is 3. The van der Waals surface area contributed by atoms with Crippen molar-refractivity contribution in [1.82, 2.24) is 20.3 Å². The molecule has 0 bridgehead atoms. The predicted octanol–water partition coefficient (Wildman–Crippen LogP) is 5.04. The second-order valence-electron chi connectivity index (χ2n) is 9.34. The van der Waals surface area contributed by atoms with E-state index < -0.39 is 9.84 Å². The van der Waals surface area contributed by atoms with Crippen LogP contribution in [0, 0.1) is 12.8 Å². The summed E-state index contributed by atoms with van der Waals surface area (Å²) in [5, 5.41) is 5.35. The quantitative estimate of drug-likeness (QED) is 0.375. The van der Waals surface area contributed by atoms with Crippen molar-refractivity contribution in [3.8, 4) is 17.0 Å². The van der Waals surface area contributed by atoms with E-state index in [1.807, 2.05) is 19.2 Å². The average molecular weight is 493 g/mol. The Hall–Kier alpha value is -2.97. The molecule has 2 N–H and O–H groups in total. The fourth-order valence-corrected chi connectivity index (χ4v) is 6.00. The van der Waals surface area contributed by atoms with Crippen LogP contribution in [0.25, 0.3) is 33.1 Å². The van der Waals surface area contributed by atoms with E-state index in [2.05, 4.69) is 28.3 Å². The summed E-state index contributed by atoms with van der Waals surface area (Å²) in [4.78, 5) is 13.1. The van der Waals surface area contributed by atoms with E-state index in [-0.39, 0.29) is 11.9 Å². The Morgan fingerprint density at radius 3 is 2.66 bits per heavy atom. The van der Waals surface area contributed by atoms with Gasteiger partial charge in [-0.15, -0.1) is 0 Å². The number of benzene rings is 1. The number of nitrogens with zero attached hydrogens (tertiary/aromatic N) is 2. The molecule has 0 spiro atoms. The molecule has 8 heteroatoms. The molecule has 4 heterocycles. The lowest BCUT2D eigenvalue weighted by Gasteiger charge is -2.30. The fraction of sp³-hybridized carbons (Fsp3) is 0.407. The Kier molecular flexibility index (Phi) is 6.51. The molecule has 0 radical (unpaired) electrons. The first-order chi connectivity index (χ1) is 16.9. The van der Waals surface area contributed by atoms with Gasteiger partial charge in [-0.25, -0.2) is 18.4 Å². The van der Waals surface area contributed by atoms with Gasteiger partial charge in [0, 0.05) is 28.7 Å².